The summed E-state index contributed by atoms with van der Waals surface area (Å²) < 4.78 is 0. The van der Waals surface area contributed by atoms with E-state index in [9.17, 15) is 4.79 Å². The number of hydrogen-bond acceptors (Lipinski definition) is 5. The molecule has 1 atom stereocenters. The number of hydrogen-bond donors (Lipinski definition) is 1. The lowest BCUT2D eigenvalue weighted by Gasteiger charge is -2.05. The van der Waals surface area contributed by atoms with Crippen LogP contribution in [0.4, 0.5) is 0 Å². The Balaban J connectivity index is 1.63. The zero-order valence-electron chi connectivity index (χ0n) is 11.4. The number of amidine groups is 1. The number of carbonyl (C=O) groups excluding carboxylic acids is 1. The predicted octanol–water partition coefficient (Wildman–Crippen LogP) is 3.57. The second kappa shape index (κ2) is 7.09. The van der Waals surface area contributed by atoms with E-state index < -0.39 is 0 Å². The fourth-order valence-corrected chi connectivity index (χ4v) is 3.72. The molecule has 0 aliphatic carbocycles. The van der Waals surface area contributed by atoms with Gasteiger partial charge >= 0.3 is 0 Å². The van der Waals surface area contributed by atoms with Gasteiger partial charge in [-0.05, 0) is 35.6 Å². The highest BCUT2D eigenvalue weighted by atomic mass is 35.5. The maximum atomic E-state index is 12.0. The average Bonchev–Trinajstić information content (AvgIpc) is 3.10. The second-order valence-corrected chi connectivity index (χ2v) is 7.20. The number of benzene rings is 1. The fraction of sp³-hybridized carbons (Fsp3) is 0.133. The van der Waals surface area contributed by atoms with Crippen molar-refractivity contribution in [3.05, 3.63) is 57.2 Å². The highest BCUT2D eigenvalue weighted by molar-refractivity contribution is 8.15. The Kier molecular flexibility index (Phi) is 4.92. The van der Waals surface area contributed by atoms with Crippen LogP contribution in [0.25, 0.3) is 0 Å². The zero-order valence-corrected chi connectivity index (χ0v) is 13.8. The lowest BCUT2D eigenvalue weighted by atomic mass is 10.1. The third kappa shape index (κ3) is 3.97. The van der Waals surface area contributed by atoms with Crippen LogP contribution >= 0.6 is 34.7 Å². The third-order valence-electron chi connectivity index (χ3n) is 2.96. The molecule has 1 amide bonds. The molecule has 0 bridgehead atoms. The lowest BCUT2D eigenvalue weighted by Crippen LogP contribution is -2.25. The molecule has 1 aliphatic heterocycles. The first-order valence-electron chi connectivity index (χ1n) is 6.57. The molecule has 3 rings (SSSR count). The number of halogens is 1. The van der Waals surface area contributed by atoms with Crippen molar-refractivity contribution in [3.63, 3.8) is 0 Å². The Hall–Kier alpha value is -1.63. The number of thiophene rings is 1. The first-order chi connectivity index (χ1) is 10.7. The topological polar surface area (TPSA) is 53.8 Å². The van der Waals surface area contributed by atoms with Crippen molar-refractivity contribution in [3.8, 4) is 0 Å². The highest BCUT2D eigenvalue weighted by Crippen LogP contribution is 2.24. The molecule has 0 radical (unpaired) electrons. The van der Waals surface area contributed by atoms with Gasteiger partial charge in [0.2, 0.25) is 5.91 Å². The quantitative estimate of drug-likeness (QED) is 0.677. The summed E-state index contributed by atoms with van der Waals surface area (Å²) in [5, 5.41) is 13.8. The molecule has 1 saturated heterocycles. The molecule has 112 valence electrons. The Labute approximate surface area is 141 Å². The predicted molar refractivity (Wildman–Crippen MR) is 94.0 cm³/mol. The summed E-state index contributed by atoms with van der Waals surface area (Å²) in [6.45, 7) is 0. The van der Waals surface area contributed by atoms with Gasteiger partial charge in [-0.2, -0.15) is 5.10 Å². The number of carbonyl (C=O) groups is 1. The van der Waals surface area contributed by atoms with E-state index in [0.717, 1.165) is 10.4 Å². The van der Waals surface area contributed by atoms with Crippen LogP contribution in [-0.2, 0) is 11.2 Å². The van der Waals surface area contributed by atoms with E-state index in [1.165, 1.54) is 11.8 Å². The average molecular weight is 350 g/mol. The summed E-state index contributed by atoms with van der Waals surface area (Å²) >= 11 is 8.94. The number of amides is 1. The van der Waals surface area contributed by atoms with Crippen LogP contribution in [0.5, 0.6) is 0 Å². The molecular formula is C15H12ClN3OS2. The maximum absolute atomic E-state index is 12.0. The smallest absolute Gasteiger partial charge is 0.239 e. The van der Waals surface area contributed by atoms with Crippen molar-refractivity contribution < 1.29 is 4.79 Å². The normalized spacial score (nSPS) is 20.0. The van der Waals surface area contributed by atoms with E-state index in [0.29, 0.717) is 16.6 Å². The monoisotopic (exact) mass is 349 g/mol. The van der Waals surface area contributed by atoms with Crippen LogP contribution < -0.4 is 5.32 Å². The minimum absolute atomic E-state index is 0.0463. The van der Waals surface area contributed by atoms with Gasteiger partial charge in [0.05, 0.1) is 11.5 Å². The lowest BCUT2D eigenvalue weighted by molar-refractivity contribution is -0.118. The van der Waals surface area contributed by atoms with E-state index in [2.05, 4.69) is 15.5 Å². The van der Waals surface area contributed by atoms with Crippen molar-refractivity contribution in [2.24, 2.45) is 10.2 Å². The van der Waals surface area contributed by atoms with Crippen LogP contribution in [0.2, 0.25) is 5.02 Å². The van der Waals surface area contributed by atoms with Crippen molar-refractivity contribution in [2.45, 2.75) is 11.7 Å². The first kappa shape index (κ1) is 15.3. The van der Waals surface area contributed by atoms with Crippen LogP contribution in [0, 0.1) is 0 Å². The van der Waals surface area contributed by atoms with E-state index in [1.54, 1.807) is 17.6 Å². The molecule has 22 heavy (non-hydrogen) atoms. The summed E-state index contributed by atoms with van der Waals surface area (Å²) in [6.07, 6.45) is 2.29. The van der Waals surface area contributed by atoms with Gasteiger partial charge in [0.1, 0.15) is 0 Å². The van der Waals surface area contributed by atoms with E-state index in [1.807, 2.05) is 41.8 Å². The van der Waals surface area contributed by atoms with Crippen molar-refractivity contribution in [1.29, 1.82) is 0 Å². The fourth-order valence-electron chi connectivity index (χ4n) is 1.97. The maximum Gasteiger partial charge on any atom is 0.239 e. The van der Waals surface area contributed by atoms with Crippen LogP contribution in [0.1, 0.15) is 10.4 Å². The Bertz CT molecular complexity index is 728. The molecule has 2 aromatic rings. The van der Waals surface area contributed by atoms with Crippen LogP contribution in [-0.4, -0.2) is 22.5 Å². The van der Waals surface area contributed by atoms with Gasteiger partial charge < -0.3 is 5.32 Å². The molecule has 1 aliphatic rings. The molecule has 2 heterocycles. The van der Waals surface area contributed by atoms with Crippen molar-refractivity contribution in [1.82, 2.24) is 5.32 Å². The van der Waals surface area contributed by atoms with Gasteiger partial charge in [0.25, 0.3) is 0 Å². The van der Waals surface area contributed by atoms with Crippen molar-refractivity contribution in [2.75, 3.05) is 0 Å². The van der Waals surface area contributed by atoms with E-state index >= 15 is 0 Å². The largest absolute Gasteiger partial charge is 0.303 e. The molecule has 0 unspecified atom stereocenters. The molecule has 1 aromatic carbocycles. The number of rotatable bonds is 4. The first-order valence-corrected chi connectivity index (χ1v) is 8.71. The standard InChI is InChI=1S/C15H12ClN3OS2/c16-11-4-1-3-10(7-11)8-13-14(20)18-15(22-13)19-17-9-12-5-2-6-21-12/h1-7,9,13H,8H2,(H,18,19,20)/b17-9-/t13-/m0/s1. The number of thioether (sulfide) groups is 1. The van der Waals surface area contributed by atoms with E-state index in [4.69, 9.17) is 11.6 Å². The van der Waals surface area contributed by atoms with Gasteiger partial charge in [-0.3, -0.25) is 4.79 Å². The molecule has 1 N–H and O–H groups in total. The summed E-state index contributed by atoms with van der Waals surface area (Å²) in [7, 11) is 0. The molecule has 4 nitrogen and oxygen atoms in total. The number of nitrogens with one attached hydrogen (secondary N) is 1. The van der Waals surface area contributed by atoms with Gasteiger partial charge in [-0.25, -0.2) is 0 Å². The summed E-state index contributed by atoms with van der Waals surface area (Å²) in [6, 6.07) is 11.4. The van der Waals surface area contributed by atoms with Crippen LogP contribution in [0.3, 0.4) is 0 Å². The molecular weight excluding hydrogens is 338 g/mol. The molecule has 0 spiro atoms. The van der Waals surface area contributed by atoms with Crippen LogP contribution in [0.15, 0.2) is 52.0 Å². The Morgan fingerprint density at radius 2 is 2.23 bits per heavy atom. The van der Waals surface area contributed by atoms with Crippen molar-refractivity contribution >= 4 is 52.0 Å². The van der Waals surface area contributed by atoms with Gasteiger partial charge in [0.15, 0.2) is 5.17 Å². The molecule has 7 heteroatoms. The summed E-state index contributed by atoms with van der Waals surface area (Å²) in [4.78, 5) is 13.0. The highest BCUT2D eigenvalue weighted by Gasteiger charge is 2.30. The summed E-state index contributed by atoms with van der Waals surface area (Å²) in [5.74, 6) is -0.0463. The molecule has 1 fully saturated rings. The Morgan fingerprint density at radius 3 is 3.00 bits per heavy atom. The van der Waals surface area contributed by atoms with Gasteiger partial charge in [-0.1, -0.05) is 41.6 Å². The second-order valence-electron chi connectivity index (χ2n) is 4.59. The molecule has 1 aromatic heterocycles. The molecule has 0 saturated carbocycles. The SMILES string of the molecule is O=C1N/C(=N\N=C/c2cccs2)S[C@H]1Cc1cccc(Cl)c1. The van der Waals surface area contributed by atoms with E-state index in [-0.39, 0.29) is 11.2 Å². The van der Waals surface area contributed by atoms with Gasteiger partial charge in [0, 0.05) is 9.90 Å². The Morgan fingerprint density at radius 1 is 1.32 bits per heavy atom. The van der Waals surface area contributed by atoms with Gasteiger partial charge in [-0.15, -0.1) is 16.4 Å². The summed E-state index contributed by atoms with van der Waals surface area (Å²) in [5.41, 5.74) is 1.03. The minimum atomic E-state index is -0.200. The third-order valence-corrected chi connectivity index (χ3v) is 5.08. The minimum Gasteiger partial charge on any atom is -0.303 e. The zero-order chi connectivity index (χ0) is 15.4. The number of nitrogens with zero attached hydrogens (tertiary/aromatic N) is 2.